The van der Waals surface area contributed by atoms with Gasteiger partial charge in [0.1, 0.15) is 0 Å². The minimum absolute atomic E-state index is 0.0246. The van der Waals surface area contributed by atoms with Crippen LogP contribution in [0.5, 0.6) is 0 Å². The van der Waals surface area contributed by atoms with E-state index in [2.05, 4.69) is 30.7 Å². The number of fused-ring (bicyclic) bond motifs is 1. The number of aromatic amines is 2. The lowest BCUT2D eigenvalue weighted by molar-refractivity contribution is 0.507. The summed E-state index contributed by atoms with van der Waals surface area (Å²) in [7, 11) is 0. The average molecular weight is 232 g/mol. The number of benzene rings is 1. The molecule has 17 heavy (non-hydrogen) atoms. The first-order valence-electron chi connectivity index (χ1n) is 5.71. The Bertz CT molecular complexity index is 665. The summed E-state index contributed by atoms with van der Waals surface area (Å²) in [6.45, 7) is 6.38. The predicted molar refractivity (Wildman–Crippen MR) is 68.5 cm³/mol. The maximum Gasteiger partial charge on any atom is 0.326 e. The van der Waals surface area contributed by atoms with Crippen LogP contribution < -0.4 is 11.2 Å². The summed E-state index contributed by atoms with van der Waals surface area (Å²) in [5.41, 5.74) is 0.901. The van der Waals surface area contributed by atoms with Gasteiger partial charge >= 0.3 is 5.69 Å². The van der Waals surface area contributed by atoms with Gasteiger partial charge in [-0.3, -0.25) is 9.78 Å². The summed E-state index contributed by atoms with van der Waals surface area (Å²) < 4.78 is 0. The molecule has 0 atom stereocenters. The van der Waals surface area contributed by atoms with E-state index in [4.69, 9.17) is 0 Å². The van der Waals surface area contributed by atoms with Gasteiger partial charge in [-0.2, -0.15) is 0 Å². The van der Waals surface area contributed by atoms with Crippen molar-refractivity contribution in [3.8, 4) is 0 Å². The Kier molecular flexibility index (Phi) is 2.65. The van der Waals surface area contributed by atoms with Gasteiger partial charge in [-0.1, -0.05) is 26.8 Å². The summed E-state index contributed by atoms with van der Waals surface area (Å²) in [5.74, 6) is 0. The van der Waals surface area contributed by atoms with E-state index in [-0.39, 0.29) is 11.0 Å². The normalized spacial score (nSPS) is 11.9. The van der Waals surface area contributed by atoms with Crippen molar-refractivity contribution in [2.75, 3.05) is 0 Å². The molecule has 0 unspecified atom stereocenters. The van der Waals surface area contributed by atoms with Crippen LogP contribution in [0.4, 0.5) is 0 Å². The van der Waals surface area contributed by atoms with Gasteiger partial charge in [0.05, 0.1) is 10.9 Å². The minimum Gasteiger partial charge on any atom is -0.307 e. The largest absolute Gasteiger partial charge is 0.326 e. The molecule has 0 radical (unpaired) electrons. The lowest BCUT2D eigenvalue weighted by atomic mass is 9.82. The lowest BCUT2D eigenvalue weighted by Crippen LogP contribution is -2.23. The molecular weight excluding hydrogens is 216 g/mol. The van der Waals surface area contributed by atoms with Gasteiger partial charge in [-0.05, 0) is 29.5 Å². The fraction of sp³-hybridized carbons (Fsp3) is 0.385. The zero-order chi connectivity index (χ0) is 12.6. The van der Waals surface area contributed by atoms with Crippen LogP contribution in [-0.2, 0) is 5.41 Å². The van der Waals surface area contributed by atoms with Gasteiger partial charge in [-0.15, -0.1) is 0 Å². The lowest BCUT2D eigenvalue weighted by Gasteiger charge is -2.23. The van der Waals surface area contributed by atoms with E-state index in [1.54, 1.807) is 6.07 Å². The Morgan fingerprint density at radius 1 is 1.18 bits per heavy atom. The fourth-order valence-corrected chi connectivity index (χ4v) is 1.79. The molecule has 0 saturated carbocycles. The molecule has 1 aromatic heterocycles. The Morgan fingerprint density at radius 2 is 1.88 bits per heavy atom. The van der Waals surface area contributed by atoms with Crippen LogP contribution in [0.2, 0.25) is 0 Å². The molecule has 4 nitrogen and oxygen atoms in total. The zero-order valence-electron chi connectivity index (χ0n) is 10.3. The van der Waals surface area contributed by atoms with Gasteiger partial charge < -0.3 is 4.98 Å². The second kappa shape index (κ2) is 3.87. The van der Waals surface area contributed by atoms with Crippen molar-refractivity contribution in [1.82, 2.24) is 9.97 Å². The van der Waals surface area contributed by atoms with E-state index in [1.807, 2.05) is 12.1 Å². The molecule has 0 aliphatic rings. The molecule has 0 spiro atoms. The molecule has 90 valence electrons. The predicted octanol–water partition coefficient (Wildman–Crippen LogP) is 1.90. The molecule has 2 aromatic rings. The van der Waals surface area contributed by atoms with Crippen molar-refractivity contribution >= 4 is 10.9 Å². The molecule has 2 N–H and O–H groups in total. The van der Waals surface area contributed by atoms with Crippen LogP contribution in [0, 0.1) is 0 Å². The molecule has 0 amide bonds. The van der Waals surface area contributed by atoms with Crippen molar-refractivity contribution < 1.29 is 0 Å². The van der Waals surface area contributed by atoms with Gasteiger partial charge in [0.25, 0.3) is 5.56 Å². The van der Waals surface area contributed by atoms with Gasteiger partial charge in [0.15, 0.2) is 0 Å². The van der Waals surface area contributed by atoms with Crippen molar-refractivity contribution in [3.05, 3.63) is 44.6 Å². The topological polar surface area (TPSA) is 65.7 Å². The highest BCUT2D eigenvalue weighted by Crippen LogP contribution is 2.27. The van der Waals surface area contributed by atoms with Gasteiger partial charge in [0, 0.05) is 0 Å². The molecular formula is C13H16N2O2. The Labute approximate surface area is 98.7 Å². The Balaban J connectivity index is 2.75. The second-order valence-electron chi connectivity index (χ2n) is 4.91. The molecule has 0 bridgehead atoms. The maximum atomic E-state index is 11.7. The third-order valence-electron chi connectivity index (χ3n) is 3.40. The standard InChI is InChI=1S/C13H16N2O2/c1-4-13(2,3)8-5-6-10-9(7-8)11(16)15-12(17)14-10/h5-7H,4H2,1-3H3,(H2,14,15,16,17). The molecule has 1 aromatic carbocycles. The van der Waals surface area contributed by atoms with E-state index >= 15 is 0 Å². The number of nitrogens with one attached hydrogen (secondary N) is 2. The van der Waals surface area contributed by atoms with E-state index in [9.17, 15) is 9.59 Å². The fourth-order valence-electron chi connectivity index (χ4n) is 1.79. The highest BCUT2D eigenvalue weighted by molar-refractivity contribution is 5.78. The van der Waals surface area contributed by atoms with Gasteiger partial charge in [-0.25, -0.2) is 4.79 Å². The van der Waals surface area contributed by atoms with E-state index in [0.29, 0.717) is 10.9 Å². The Morgan fingerprint density at radius 3 is 2.53 bits per heavy atom. The number of rotatable bonds is 2. The molecule has 0 fully saturated rings. The van der Waals surface area contributed by atoms with Crippen LogP contribution in [0.3, 0.4) is 0 Å². The number of hydrogen-bond acceptors (Lipinski definition) is 2. The summed E-state index contributed by atoms with van der Waals surface area (Å²) in [4.78, 5) is 27.7. The van der Waals surface area contributed by atoms with E-state index in [1.165, 1.54) is 0 Å². The van der Waals surface area contributed by atoms with E-state index in [0.717, 1.165) is 12.0 Å². The SMILES string of the molecule is CCC(C)(C)c1ccc2[nH]c(=O)[nH]c(=O)c2c1. The van der Waals surface area contributed by atoms with Crippen LogP contribution in [0.15, 0.2) is 27.8 Å². The van der Waals surface area contributed by atoms with Crippen LogP contribution >= 0.6 is 0 Å². The van der Waals surface area contributed by atoms with Crippen LogP contribution in [0.25, 0.3) is 10.9 Å². The van der Waals surface area contributed by atoms with Crippen LogP contribution in [0.1, 0.15) is 32.8 Å². The maximum absolute atomic E-state index is 11.7. The minimum atomic E-state index is -0.468. The highest BCUT2D eigenvalue weighted by atomic mass is 16.2. The molecule has 0 aliphatic carbocycles. The molecule has 2 rings (SSSR count). The summed E-state index contributed by atoms with van der Waals surface area (Å²) in [5, 5.41) is 0.531. The Hall–Kier alpha value is -1.84. The first-order chi connectivity index (χ1) is 7.94. The molecule has 0 saturated heterocycles. The number of H-pyrrole nitrogens is 2. The monoisotopic (exact) mass is 232 g/mol. The van der Waals surface area contributed by atoms with Crippen molar-refractivity contribution in [3.63, 3.8) is 0 Å². The second-order valence-corrected chi connectivity index (χ2v) is 4.91. The first-order valence-corrected chi connectivity index (χ1v) is 5.71. The summed E-state index contributed by atoms with van der Waals surface area (Å²) in [6, 6.07) is 5.60. The van der Waals surface area contributed by atoms with Gasteiger partial charge in [0.2, 0.25) is 0 Å². The zero-order valence-corrected chi connectivity index (χ0v) is 10.3. The molecule has 4 heteroatoms. The third kappa shape index (κ3) is 2.02. The number of hydrogen-bond donors (Lipinski definition) is 2. The molecule has 0 aliphatic heterocycles. The first kappa shape index (κ1) is 11.6. The van der Waals surface area contributed by atoms with E-state index < -0.39 is 5.69 Å². The third-order valence-corrected chi connectivity index (χ3v) is 3.40. The molecule has 1 heterocycles. The smallest absolute Gasteiger partial charge is 0.307 e. The number of aromatic nitrogens is 2. The van der Waals surface area contributed by atoms with Crippen molar-refractivity contribution in [2.24, 2.45) is 0 Å². The quantitative estimate of drug-likeness (QED) is 0.830. The van der Waals surface area contributed by atoms with Crippen molar-refractivity contribution in [2.45, 2.75) is 32.6 Å². The summed E-state index contributed by atoms with van der Waals surface area (Å²) in [6.07, 6.45) is 0.986. The highest BCUT2D eigenvalue weighted by Gasteiger charge is 2.18. The van der Waals surface area contributed by atoms with Crippen LogP contribution in [-0.4, -0.2) is 9.97 Å². The summed E-state index contributed by atoms with van der Waals surface area (Å²) >= 11 is 0. The van der Waals surface area contributed by atoms with Crippen molar-refractivity contribution in [1.29, 1.82) is 0 Å². The average Bonchev–Trinajstić information content (AvgIpc) is 2.28.